The lowest BCUT2D eigenvalue weighted by Gasteiger charge is -2.23. The van der Waals surface area contributed by atoms with Crippen molar-refractivity contribution in [1.82, 2.24) is 8.87 Å². The molecule has 0 radical (unpaired) electrons. The van der Waals surface area contributed by atoms with Crippen LogP contribution in [0.4, 0.5) is 0 Å². The molecule has 124 valence electrons. The Morgan fingerprint density at radius 2 is 2.09 bits per heavy atom. The Morgan fingerprint density at radius 1 is 1.27 bits per heavy atom. The Morgan fingerprint density at radius 3 is 2.82 bits per heavy atom. The van der Waals surface area contributed by atoms with Crippen molar-refractivity contribution >= 4 is 10.0 Å². The average Bonchev–Trinajstić information content (AvgIpc) is 3.26. The van der Waals surface area contributed by atoms with E-state index in [9.17, 15) is 8.42 Å². The van der Waals surface area contributed by atoms with E-state index in [2.05, 4.69) is 10.8 Å². The van der Waals surface area contributed by atoms with Gasteiger partial charge in [-0.2, -0.15) is 4.31 Å². The van der Waals surface area contributed by atoms with Crippen LogP contribution in [-0.2, 0) is 27.8 Å². The molecule has 2 heterocycles. The summed E-state index contributed by atoms with van der Waals surface area (Å²) in [6.07, 6.45) is 5.58. The molecule has 3 rings (SSSR count). The lowest BCUT2D eigenvalue weighted by molar-refractivity contribution is 0.106. The van der Waals surface area contributed by atoms with Gasteiger partial charge in [-0.05, 0) is 50.2 Å². The van der Waals surface area contributed by atoms with Gasteiger partial charge >= 0.3 is 0 Å². The number of ether oxygens (including phenoxy) is 1. The highest BCUT2D eigenvalue weighted by Crippen LogP contribution is 2.29. The molecule has 0 spiro atoms. The van der Waals surface area contributed by atoms with Crippen molar-refractivity contribution in [3.05, 3.63) is 24.0 Å². The van der Waals surface area contributed by atoms with Gasteiger partial charge in [0.15, 0.2) is 0 Å². The van der Waals surface area contributed by atoms with Crippen molar-refractivity contribution in [1.29, 1.82) is 0 Å². The third-order valence-corrected chi connectivity index (χ3v) is 6.45. The molecule has 0 aromatic carbocycles. The van der Waals surface area contributed by atoms with Gasteiger partial charge in [-0.3, -0.25) is 0 Å². The molecule has 2 aliphatic rings. The first-order chi connectivity index (χ1) is 10.6. The summed E-state index contributed by atoms with van der Waals surface area (Å²) >= 11 is 0. The van der Waals surface area contributed by atoms with Crippen LogP contribution in [0, 0.1) is 11.8 Å². The Bertz CT molecular complexity index is 592. The first-order valence-electron chi connectivity index (χ1n) is 8.28. The smallest absolute Gasteiger partial charge is 0.214 e. The molecule has 0 saturated heterocycles. The van der Waals surface area contributed by atoms with Crippen LogP contribution >= 0.6 is 0 Å². The normalized spacial score (nSPS) is 23.2. The van der Waals surface area contributed by atoms with Gasteiger partial charge in [0.2, 0.25) is 10.0 Å². The van der Waals surface area contributed by atoms with E-state index in [1.165, 1.54) is 12.8 Å². The van der Waals surface area contributed by atoms with Crippen molar-refractivity contribution in [2.75, 3.05) is 25.5 Å². The summed E-state index contributed by atoms with van der Waals surface area (Å²) in [6.45, 7) is 5.29. The van der Waals surface area contributed by atoms with Crippen LogP contribution in [0.25, 0.3) is 0 Å². The molecule has 1 aliphatic carbocycles. The Balaban J connectivity index is 1.64. The Hall–Kier alpha value is -0.850. The second-order valence-electron chi connectivity index (χ2n) is 6.52. The summed E-state index contributed by atoms with van der Waals surface area (Å²) in [5, 5.41) is 0. The fourth-order valence-corrected chi connectivity index (χ4v) is 4.13. The summed E-state index contributed by atoms with van der Waals surface area (Å²) in [5.41, 5.74) is 1.08. The molecule has 1 aliphatic heterocycles. The summed E-state index contributed by atoms with van der Waals surface area (Å²) in [5.74, 6) is 1.26. The predicted molar refractivity (Wildman–Crippen MR) is 86.0 cm³/mol. The fraction of sp³-hybridized carbons (Fsp3) is 0.750. The molecular formula is C16H26N2O3S. The lowest BCUT2D eigenvalue weighted by Crippen LogP contribution is -2.35. The van der Waals surface area contributed by atoms with Crippen molar-refractivity contribution < 1.29 is 13.2 Å². The zero-order valence-electron chi connectivity index (χ0n) is 13.3. The van der Waals surface area contributed by atoms with Crippen molar-refractivity contribution in [3.8, 4) is 0 Å². The molecule has 0 N–H and O–H groups in total. The van der Waals surface area contributed by atoms with E-state index >= 15 is 0 Å². The second kappa shape index (κ2) is 6.72. The molecule has 1 fully saturated rings. The van der Waals surface area contributed by atoms with Gasteiger partial charge < -0.3 is 9.30 Å². The van der Waals surface area contributed by atoms with E-state index in [-0.39, 0.29) is 5.75 Å². The fourth-order valence-electron chi connectivity index (χ4n) is 3.00. The highest BCUT2D eigenvalue weighted by atomic mass is 32.2. The SMILES string of the molecule is CCS(=O)(=O)N1Cc2cccn2CC(CCOCC2CC2)C1. The van der Waals surface area contributed by atoms with Crippen LogP contribution in [0.5, 0.6) is 0 Å². The number of fused-ring (bicyclic) bond motifs is 1. The van der Waals surface area contributed by atoms with Crippen LogP contribution < -0.4 is 0 Å². The number of rotatable bonds is 7. The van der Waals surface area contributed by atoms with Crippen LogP contribution in [0.2, 0.25) is 0 Å². The molecule has 0 amide bonds. The van der Waals surface area contributed by atoms with E-state index < -0.39 is 10.0 Å². The van der Waals surface area contributed by atoms with Gasteiger partial charge in [-0.1, -0.05) is 0 Å². The van der Waals surface area contributed by atoms with Gasteiger partial charge in [0.25, 0.3) is 0 Å². The quantitative estimate of drug-likeness (QED) is 0.721. The van der Waals surface area contributed by atoms with Crippen molar-refractivity contribution in [3.63, 3.8) is 0 Å². The van der Waals surface area contributed by atoms with Crippen LogP contribution in [0.3, 0.4) is 0 Å². The molecule has 1 atom stereocenters. The maximum atomic E-state index is 12.3. The first-order valence-corrected chi connectivity index (χ1v) is 9.89. The molecule has 1 saturated carbocycles. The number of aromatic nitrogens is 1. The lowest BCUT2D eigenvalue weighted by atomic mass is 10.1. The number of hydrogen-bond acceptors (Lipinski definition) is 3. The molecule has 6 heteroatoms. The average molecular weight is 326 g/mol. The molecule has 5 nitrogen and oxygen atoms in total. The number of hydrogen-bond donors (Lipinski definition) is 0. The molecular weight excluding hydrogens is 300 g/mol. The van der Waals surface area contributed by atoms with E-state index in [1.54, 1.807) is 11.2 Å². The van der Waals surface area contributed by atoms with Crippen LogP contribution in [0.15, 0.2) is 18.3 Å². The summed E-state index contributed by atoms with van der Waals surface area (Å²) in [7, 11) is -3.15. The minimum Gasteiger partial charge on any atom is -0.381 e. The maximum absolute atomic E-state index is 12.3. The zero-order chi connectivity index (χ0) is 15.6. The third kappa shape index (κ3) is 3.91. The molecule has 1 aromatic heterocycles. The Labute approximate surface area is 133 Å². The predicted octanol–water partition coefficient (Wildman–Crippen LogP) is 2.09. The molecule has 1 unspecified atom stereocenters. The summed E-state index contributed by atoms with van der Waals surface area (Å²) in [6, 6.07) is 4.02. The largest absolute Gasteiger partial charge is 0.381 e. The molecule has 1 aromatic rings. The standard InChI is InChI=1S/C16H26N2O3S/c1-2-22(19,20)18-11-15(7-9-21-13-14-5-6-14)10-17-8-3-4-16(17)12-18/h3-4,8,14-15H,2,5-7,9-13H2,1H3. The minimum atomic E-state index is -3.15. The van der Waals surface area contributed by atoms with Gasteiger partial charge in [0.05, 0.1) is 12.3 Å². The highest BCUT2D eigenvalue weighted by molar-refractivity contribution is 7.89. The van der Waals surface area contributed by atoms with E-state index in [0.29, 0.717) is 19.0 Å². The second-order valence-corrected chi connectivity index (χ2v) is 8.78. The van der Waals surface area contributed by atoms with E-state index in [1.807, 2.05) is 12.1 Å². The van der Waals surface area contributed by atoms with Gasteiger partial charge in [0, 0.05) is 38.2 Å². The van der Waals surface area contributed by atoms with Gasteiger partial charge in [-0.15, -0.1) is 0 Å². The summed E-state index contributed by atoms with van der Waals surface area (Å²) < 4.78 is 34.2. The first kappa shape index (κ1) is 16.0. The van der Waals surface area contributed by atoms with Gasteiger partial charge in [0.1, 0.15) is 0 Å². The monoisotopic (exact) mass is 326 g/mol. The summed E-state index contributed by atoms with van der Waals surface area (Å²) in [4.78, 5) is 0. The van der Waals surface area contributed by atoms with Crippen molar-refractivity contribution in [2.45, 2.75) is 39.3 Å². The highest BCUT2D eigenvalue weighted by Gasteiger charge is 2.28. The van der Waals surface area contributed by atoms with Crippen molar-refractivity contribution in [2.24, 2.45) is 11.8 Å². The van der Waals surface area contributed by atoms with Gasteiger partial charge in [-0.25, -0.2) is 8.42 Å². The molecule has 0 bridgehead atoms. The van der Waals surface area contributed by atoms with Crippen LogP contribution in [-0.4, -0.2) is 42.8 Å². The number of sulfonamides is 1. The minimum absolute atomic E-state index is 0.165. The Kier molecular flexibility index (Phi) is 4.90. The topological polar surface area (TPSA) is 51.5 Å². The van der Waals surface area contributed by atoms with E-state index in [0.717, 1.165) is 37.8 Å². The molecule has 22 heavy (non-hydrogen) atoms. The maximum Gasteiger partial charge on any atom is 0.214 e. The zero-order valence-corrected chi connectivity index (χ0v) is 14.1. The third-order valence-electron chi connectivity index (χ3n) is 4.66. The van der Waals surface area contributed by atoms with E-state index in [4.69, 9.17) is 4.74 Å². The number of nitrogens with zero attached hydrogens (tertiary/aromatic N) is 2. The van der Waals surface area contributed by atoms with Crippen LogP contribution in [0.1, 0.15) is 31.9 Å².